The molecule has 0 saturated carbocycles. The van der Waals surface area contributed by atoms with Crippen LogP contribution in [0, 0.1) is 6.92 Å². The molecule has 0 aliphatic rings. The van der Waals surface area contributed by atoms with Gasteiger partial charge in [-0.05, 0) is 49.7 Å². The lowest BCUT2D eigenvalue weighted by atomic mass is 10.1. The Labute approximate surface area is 177 Å². The summed E-state index contributed by atoms with van der Waals surface area (Å²) in [6.07, 6.45) is 1.05. The van der Waals surface area contributed by atoms with E-state index in [0.717, 1.165) is 16.1 Å². The zero-order chi connectivity index (χ0) is 22.5. The molecule has 2 rings (SSSR count). The standard InChI is InChI=1S/C21H28N2O6S/c1-14-7-9-20(29-5)18(11-14)23(30(6,25)26)13-21(24)22-15(2)17-12-16(27-3)8-10-19(17)28-4/h7-12,15H,13H2,1-6H3,(H,22,24)/t15-/m0/s1. The summed E-state index contributed by atoms with van der Waals surface area (Å²) in [6, 6.07) is 9.97. The molecule has 0 aliphatic carbocycles. The Morgan fingerprint density at radius 3 is 2.23 bits per heavy atom. The van der Waals surface area contributed by atoms with Gasteiger partial charge in [-0.3, -0.25) is 9.10 Å². The van der Waals surface area contributed by atoms with E-state index in [0.29, 0.717) is 28.5 Å². The molecule has 0 radical (unpaired) electrons. The molecule has 2 aromatic rings. The second-order valence-electron chi connectivity index (χ2n) is 6.84. The van der Waals surface area contributed by atoms with Crippen LogP contribution in [0.2, 0.25) is 0 Å². The van der Waals surface area contributed by atoms with E-state index in [1.54, 1.807) is 50.4 Å². The Morgan fingerprint density at radius 1 is 1.03 bits per heavy atom. The van der Waals surface area contributed by atoms with Gasteiger partial charge in [-0.25, -0.2) is 8.42 Å². The van der Waals surface area contributed by atoms with Crippen molar-refractivity contribution in [1.82, 2.24) is 5.32 Å². The van der Waals surface area contributed by atoms with Crippen LogP contribution in [0.15, 0.2) is 36.4 Å². The van der Waals surface area contributed by atoms with Gasteiger partial charge in [0.1, 0.15) is 23.8 Å². The molecule has 0 saturated heterocycles. The van der Waals surface area contributed by atoms with Crippen LogP contribution in [0.25, 0.3) is 0 Å². The normalized spacial score (nSPS) is 12.1. The summed E-state index contributed by atoms with van der Waals surface area (Å²) in [4.78, 5) is 12.8. The van der Waals surface area contributed by atoms with E-state index in [-0.39, 0.29) is 0 Å². The van der Waals surface area contributed by atoms with Crippen molar-refractivity contribution in [2.45, 2.75) is 19.9 Å². The third-order valence-corrected chi connectivity index (χ3v) is 5.70. The van der Waals surface area contributed by atoms with Gasteiger partial charge >= 0.3 is 0 Å². The van der Waals surface area contributed by atoms with Crippen molar-refractivity contribution in [3.05, 3.63) is 47.5 Å². The minimum Gasteiger partial charge on any atom is -0.497 e. The molecular formula is C21H28N2O6S. The molecule has 1 N–H and O–H groups in total. The van der Waals surface area contributed by atoms with Crippen molar-refractivity contribution in [2.75, 3.05) is 38.4 Å². The van der Waals surface area contributed by atoms with Crippen LogP contribution in [-0.2, 0) is 14.8 Å². The zero-order valence-electron chi connectivity index (χ0n) is 18.1. The Bertz CT molecular complexity index is 1010. The van der Waals surface area contributed by atoms with E-state index in [9.17, 15) is 13.2 Å². The van der Waals surface area contributed by atoms with E-state index >= 15 is 0 Å². The van der Waals surface area contributed by atoms with Gasteiger partial charge in [0.15, 0.2) is 0 Å². The van der Waals surface area contributed by atoms with Crippen LogP contribution in [0.3, 0.4) is 0 Å². The first-order valence-corrected chi connectivity index (χ1v) is 11.1. The fourth-order valence-corrected chi connectivity index (χ4v) is 3.90. The lowest BCUT2D eigenvalue weighted by Crippen LogP contribution is -2.41. The Balaban J connectivity index is 2.29. The molecule has 164 valence electrons. The molecule has 0 fully saturated rings. The zero-order valence-corrected chi connectivity index (χ0v) is 18.9. The molecule has 0 unspecified atom stereocenters. The number of benzene rings is 2. The highest BCUT2D eigenvalue weighted by Crippen LogP contribution is 2.32. The molecule has 30 heavy (non-hydrogen) atoms. The van der Waals surface area contributed by atoms with Crippen molar-refractivity contribution in [3.8, 4) is 17.2 Å². The number of carbonyl (C=O) groups is 1. The summed E-state index contributed by atoms with van der Waals surface area (Å²) in [5, 5.41) is 2.83. The minimum atomic E-state index is -3.74. The molecule has 0 bridgehead atoms. The predicted molar refractivity (Wildman–Crippen MR) is 116 cm³/mol. The maximum atomic E-state index is 12.8. The molecule has 0 spiro atoms. The number of ether oxygens (including phenoxy) is 3. The average Bonchev–Trinajstić information content (AvgIpc) is 2.70. The second kappa shape index (κ2) is 9.71. The van der Waals surface area contributed by atoms with Gasteiger partial charge in [-0.2, -0.15) is 0 Å². The first-order valence-electron chi connectivity index (χ1n) is 9.24. The SMILES string of the molecule is COc1ccc(OC)c([C@H](C)NC(=O)CN(c2cc(C)ccc2OC)S(C)(=O)=O)c1. The summed E-state index contributed by atoms with van der Waals surface area (Å²) in [5.41, 5.74) is 1.86. The van der Waals surface area contributed by atoms with Crippen molar-refractivity contribution >= 4 is 21.6 Å². The van der Waals surface area contributed by atoms with Gasteiger partial charge in [0.2, 0.25) is 15.9 Å². The number of hydrogen-bond acceptors (Lipinski definition) is 6. The van der Waals surface area contributed by atoms with Gasteiger partial charge in [-0.1, -0.05) is 6.07 Å². The average molecular weight is 437 g/mol. The molecule has 8 nitrogen and oxygen atoms in total. The Hall–Kier alpha value is -2.94. The molecule has 2 aromatic carbocycles. The number of aryl methyl sites for hydroxylation is 1. The summed E-state index contributed by atoms with van der Waals surface area (Å²) in [7, 11) is 0.798. The fraction of sp³-hybridized carbons (Fsp3) is 0.381. The van der Waals surface area contributed by atoms with Crippen molar-refractivity contribution < 1.29 is 27.4 Å². The maximum Gasteiger partial charge on any atom is 0.241 e. The summed E-state index contributed by atoms with van der Waals surface area (Å²) >= 11 is 0. The smallest absolute Gasteiger partial charge is 0.241 e. The van der Waals surface area contributed by atoms with Gasteiger partial charge < -0.3 is 19.5 Å². The first-order chi connectivity index (χ1) is 14.1. The largest absolute Gasteiger partial charge is 0.497 e. The van der Waals surface area contributed by atoms with Gasteiger partial charge in [0, 0.05) is 5.56 Å². The van der Waals surface area contributed by atoms with Crippen molar-refractivity contribution in [2.24, 2.45) is 0 Å². The number of nitrogens with zero attached hydrogens (tertiary/aromatic N) is 1. The summed E-state index contributed by atoms with van der Waals surface area (Å²) in [5.74, 6) is 1.10. The van der Waals surface area contributed by atoms with Crippen LogP contribution < -0.4 is 23.8 Å². The third-order valence-electron chi connectivity index (χ3n) is 4.57. The number of amides is 1. The van der Waals surface area contributed by atoms with Gasteiger partial charge in [0.05, 0.1) is 39.3 Å². The Morgan fingerprint density at radius 2 is 1.67 bits per heavy atom. The number of methoxy groups -OCH3 is 3. The monoisotopic (exact) mass is 436 g/mol. The maximum absolute atomic E-state index is 12.8. The number of rotatable bonds is 9. The molecule has 0 aliphatic heterocycles. The van der Waals surface area contributed by atoms with E-state index in [1.165, 1.54) is 14.2 Å². The number of sulfonamides is 1. The molecule has 0 aromatic heterocycles. The molecule has 9 heteroatoms. The van der Waals surface area contributed by atoms with E-state index in [1.807, 2.05) is 6.92 Å². The number of carbonyl (C=O) groups excluding carboxylic acids is 1. The van der Waals surface area contributed by atoms with Crippen LogP contribution >= 0.6 is 0 Å². The lowest BCUT2D eigenvalue weighted by Gasteiger charge is -2.25. The van der Waals surface area contributed by atoms with Crippen LogP contribution in [0.5, 0.6) is 17.2 Å². The Kier molecular flexibility index (Phi) is 7.55. The second-order valence-corrected chi connectivity index (χ2v) is 8.75. The minimum absolute atomic E-state index is 0.307. The molecule has 1 amide bonds. The third kappa shape index (κ3) is 5.56. The number of anilines is 1. The summed E-state index contributed by atoms with van der Waals surface area (Å²) < 4.78 is 41.8. The van der Waals surface area contributed by atoms with Crippen molar-refractivity contribution in [3.63, 3.8) is 0 Å². The highest BCUT2D eigenvalue weighted by molar-refractivity contribution is 7.92. The topological polar surface area (TPSA) is 94.2 Å². The van der Waals surface area contributed by atoms with E-state index in [4.69, 9.17) is 14.2 Å². The van der Waals surface area contributed by atoms with Crippen LogP contribution in [0.1, 0.15) is 24.1 Å². The van der Waals surface area contributed by atoms with E-state index < -0.39 is 28.5 Å². The van der Waals surface area contributed by atoms with Crippen LogP contribution in [-0.4, -0.2) is 48.5 Å². The molecule has 1 atom stereocenters. The highest BCUT2D eigenvalue weighted by Gasteiger charge is 2.25. The van der Waals surface area contributed by atoms with Gasteiger partial charge in [-0.15, -0.1) is 0 Å². The van der Waals surface area contributed by atoms with E-state index in [2.05, 4.69) is 5.32 Å². The first kappa shape index (κ1) is 23.3. The molecule has 0 heterocycles. The lowest BCUT2D eigenvalue weighted by molar-refractivity contribution is -0.120. The fourth-order valence-electron chi connectivity index (χ4n) is 3.05. The quantitative estimate of drug-likeness (QED) is 0.650. The molecular weight excluding hydrogens is 408 g/mol. The number of hydrogen-bond donors (Lipinski definition) is 1. The predicted octanol–water partition coefficient (Wildman–Crippen LogP) is 2.66. The highest BCUT2D eigenvalue weighted by atomic mass is 32.2. The van der Waals surface area contributed by atoms with Crippen molar-refractivity contribution in [1.29, 1.82) is 0 Å². The van der Waals surface area contributed by atoms with Gasteiger partial charge in [0.25, 0.3) is 0 Å². The van der Waals surface area contributed by atoms with Crippen LogP contribution in [0.4, 0.5) is 5.69 Å². The number of nitrogens with one attached hydrogen (secondary N) is 1. The summed E-state index contributed by atoms with van der Waals surface area (Å²) in [6.45, 7) is 3.23.